The van der Waals surface area contributed by atoms with E-state index in [2.05, 4.69) is 43.7 Å². The van der Waals surface area contributed by atoms with Gasteiger partial charge in [0.05, 0.1) is 11.1 Å². The standard InChI is InChI=1S/C14H6Br2F2/c15-11-5-3-9(13(17)7-11)1-2-10-4-6-12(16)8-14(10)18/h3-8H. The first-order valence-electron chi connectivity index (χ1n) is 4.98. The fourth-order valence-electron chi connectivity index (χ4n) is 1.32. The zero-order valence-corrected chi connectivity index (χ0v) is 12.1. The largest absolute Gasteiger partial charge is 0.206 e. The van der Waals surface area contributed by atoms with Crippen molar-refractivity contribution in [1.29, 1.82) is 0 Å². The summed E-state index contributed by atoms with van der Waals surface area (Å²) in [5.74, 6) is 4.36. The second kappa shape index (κ2) is 5.64. The first-order chi connectivity index (χ1) is 8.56. The van der Waals surface area contributed by atoms with Gasteiger partial charge in [-0.3, -0.25) is 0 Å². The van der Waals surface area contributed by atoms with Crippen LogP contribution < -0.4 is 0 Å². The highest BCUT2D eigenvalue weighted by Crippen LogP contribution is 2.16. The van der Waals surface area contributed by atoms with Crippen molar-refractivity contribution in [1.82, 2.24) is 0 Å². The van der Waals surface area contributed by atoms with Crippen LogP contribution in [0.3, 0.4) is 0 Å². The lowest BCUT2D eigenvalue weighted by atomic mass is 10.1. The average molecular weight is 372 g/mol. The second-order valence-electron chi connectivity index (χ2n) is 3.50. The summed E-state index contributed by atoms with van der Waals surface area (Å²) in [4.78, 5) is 0. The van der Waals surface area contributed by atoms with Crippen LogP contribution in [0.1, 0.15) is 11.1 Å². The molecule has 2 aromatic carbocycles. The zero-order valence-electron chi connectivity index (χ0n) is 8.98. The van der Waals surface area contributed by atoms with Crippen LogP contribution in [0.4, 0.5) is 8.78 Å². The Kier molecular flexibility index (Phi) is 4.15. The van der Waals surface area contributed by atoms with E-state index in [-0.39, 0.29) is 11.1 Å². The van der Waals surface area contributed by atoms with Crippen molar-refractivity contribution < 1.29 is 8.78 Å². The highest BCUT2D eigenvalue weighted by Gasteiger charge is 2.01. The van der Waals surface area contributed by atoms with Gasteiger partial charge in [-0.2, -0.15) is 0 Å². The molecule has 0 radical (unpaired) electrons. The maximum absolute atomic E-state index is 13.5. The molecule has 0 aliphatic heterocycles. The van der Waals surface area contributed by atoms with Crippen molar-refractivity contribution in [2.45, 2.75) is 0 Å². The molecule has 0 aliphatic rings. The summed E-state index contributed by atoms with van der Waals surface area (Å²) in [5.41, 5.74) is 0.473. The molecule has 0 spiro atoms. The molecule has 4 heteroatoms. The van der Waals surface area contributed by atoms with E-state index in [1.807, 2.05) is 0 Å². The lowest BCUT2D eigenvalue weighted by molar-refractivity contribution is 0.622. The zero-order chi connectivity index (χ0) is 13.1. The van der Waals surface area contributed by atoms with Gasteiger partial charge in [-0.05, 0) is 36.4 Å². The third-order valence-corrected chi connectivity index (χ3v) is 3.18. The summed E-state index contributed by atoms with van der Waals surface area (Å²) in [7, 11) is 0. The van der Waals surface area contributed by atoms with E-state index in [1.54, 1.807) is 24.3 Å². The van der Waals surface area contributed by atoms with Gasteiger partial charge in [0.15, 0.2) is 0 Å². The van der Waals surface area contributed by atoms with Crippen LogP contribution in [0.2, 0.25) is 0 Å². The molecule has 0 fully saturated rings. The van der Waals surface area contributed by atoms with E-state index >= 15 is 0 Å². The van der Waals surface area contributed by atoms with Crippen molar-refractivity contribution in [2.75, 3.05) is 0 Å². The molecule has 0 saturated heterocycles. The molecule has 0 atom stereocenters. The smallest absolute Gasteiger partial charge is 0.139 e. The number of benzene rings is 2. The molecule has 18 heavy (non-hydrogen) atoms. The highest BCUT2D eigenvalue weighted by atomic mass is 79.9. The fourth-order valence-corrected chi connectivity index (χ4v) is 1.98. The first kappa shape index (κ1) is 13.3. The molecule has 2 aromatic rings. The van der Waals surface area contributed by atoms with Crippen LogP contribution in [-0.2, 0) is 0 Å². The SMILES string of the molecule is Fc1cc(Br)ccc1C#Cc1ccc(Br)cc1F. The normalized spacial score (nSPS) is 9.78. The van der Waals surface area contributed by atoms with Gasteiger partial charge in [0, 0.05) is 8.95 Å². The van der Waals surface area contributed by atoms with Crippen LogP contribution in [0, 0.1) is 23.5 Å². The van der Waals surface area contributed by atoms with Gasteiger partial charge in [0.1, 0.15) is 11.6 Å². The van der Waals surface area contributed by atoms with E-state index in [9.17, 15) is 8.78 Å². The molecule has 0 nitrogen and oxygen atoms in total. The summed E-state index contributed by atoms with van der Waals surface area (Å²) < 4.78 is 28.2. The molecule has 0 aliphatic carbocycles. The predicted molar refractivity (Wildman–Crippen MR) is 74.2 cm³/mol. The first-order valence-corrected chi connectivity index (χ1v) is 6.57. The van der Waals surface area contributed by atoms with Gasteiger partial charge in [0.25, 0.3) is 0 Å². The molecule has 0 bridgehead atoms. The van der Waals surface area contributed by atoms with Gasteiger partial charge in [-0.15, -0.1) is 0 Å². The van der Waals surface area contributed by atoms with Crippen molar-refractivity contribution in [3.8, 4) is 11.8 Å². The van der Waals surface area contributed by atoms with Crippen LogP contribution in [0.25, 0.3) is 0 Å². The minimum atomic E-state index is -0.436. The minimum Gasteiger partial charge on any atom is -0.206 e. The lowest BCUT2D eigenvalue weighted by Gasteiger charge is -1.96. The van der Waals surface area contributed by atoms with Crippen LogP contribution in [-0.4, -0.2) is 0 Å². The molecular weight excluding hydrogens is 366 g/mol. The van der Waals surface area contributed by atoms with Crippen LogP contribution >= 0.6 is 31.9 Å². The Bertz CT molecular complexity index is 599. The quantitative estimate of drug-likeness (QED) is 0.578. The van der Waals surface area contributed by atoms with Crippen molar-refractivity contribution >= 4 is 31.9 Å². The van der Waals surface area contributed by atoms with Gasteiger partial charge in [-0.1, -0.05) is 43.7 Å². The lowest BCUT2D eigenvalue weighted by Crippen LogP contribution is -1.85. The summed E-state index contributed by atoms with van der Waals surface area (Å²) in [6, 6.07) is 9.10. The van der Waals surface area contributed by atoms with E-state index in [4.69, 9.17) is 0 Å². The molecule has 0 N–H and O–H groups in total. The summed E-state index contributed by atoms with van der Waals surface area (Å²) in [6.07, 6.45) is 0. The minimum absolute atomic E-state index is 0.237. The van der Waals surface area contributed by atoms with Crippen molar-refractivity contribution in [3.63, 3.8) is 0 Å². The molecule has 0 unspecified atom stereocenters. The van der Waals surface area contributed by atoms with E-state index in [1.165, 1.54) is 12.1 Å². The van der Waals surface area contributed by atoms with Gasteiger partial charge in [-0.25, -0.2) is 8.78 Å². The Balaban J connectivity index is 2.37. The Labute approximate surface area is 120 Å². The Hall–Kier alpha value is -1.18. The topological polar surface area (TPSA) is 0 Å². The molecule has 0 saturated carbocycles. The number of rotatable bonds is 0. The maximum Gasteiger partial charge on any atom is 0.139 e. The van der Waals surface area contributed by atoms with Gasteiger partial charge >= 0.3 is 0 Å². The molecule has 0 amide bonds. The Morgan fingerprint density at radius 1 is 0.722 bits per heavy atom. The van der Waals surface area contributed by atoms with Crippen LogP contribution in [0.5, 0.6) is 0 Å². The molecule has 90 valence electrons. The van der Waals surface area contributed by atoms with Gasteiger partial charge in [0.2, 0.25) is 0 Å². The molecular formula is C14H6Br2F2. The van der Waals surface area contributed by atoms with E-state index in [0.717, 1.165) is 0 Å². The Morgan fingerprint density at radius 3 is 1.44 bits per heavy atom. The number of halogens is 4. The molecule has 0 aromatic heterocycles. The third-order valence-electron chi connectivity index (χ3n) is 2.19. The van der Waals surface area contributed by atoms with Crippen molar-refractivity contribution in [3.05, 3.63) is 68.1 Å². The fraction of sp³-hybridized carbons (Fsp3) is 0. The van der Waals surface area contributed by atoms with Gasteiger partial charge < -0.3 is 0 Å². The van der Waals surface area contributed by atoms with Crippen molar-refractivity contribution in [2.24, 2.45) is 0 Å². The second-order valence-corrected chi connectivity index (χ2v) is 5.33. The highest BCUT2D eigenvalue weighted by molar-refractivity contribution is 9.10. The monoisotopic (exact) mass is 370 g/mol. The summed E-state index contributed by atoms with van der Waals surface area (Å²) in [5, 5.41) is 0. The summed E-state index contributed by atoms with van der Waals surface area (Å²) >= 11 is 6.32. The van der Waals surface area contributed by atoms with Crippen LogP contribution in [0.15, 0.2) is 45.3 Å². The van der Waals surface area contributed by atoms with E-state index in [0.29, 0.717) is 8.95 Å². The summed E-state index contributed by atoms with van der Waals surface area (Å²) in [6.45, 7) is 0. The predicted octanol–water partition coefficient (Wildman–Crippen LogP) is 4.89. The molecule has 0 heterocycles. The molecule has 2 rings (SSSR count). The average Bonchev–Trinajstić information content (AvgIpc) is 2.30. The number of hydrogen-bond acceptors (Lipinski definition) is 0. The van der Waals surface area contributed by atoms with E-state index < -0.39 is 11.6 Å². The maximum atomic E-state index is 13.5. The third kappa shape index (κ3) is 3.18. The number of hydrogen-bond donors (Lipinski definition) is 0. The Morgan fingerprint density at radius 2 is 1.11 bits per heavy atom.